The molecule has 21 heavy (non-hydrogen) atoms. The van der Waals surface area contributed by atoms with Gasteiger partial charge in [0.25, 0.3) is 0 Å². The minimum absolute atomic E-state index is 0.0632. The molecule has 0 saturated carbocycles. The summed E-state index contributed by atoms with van der Waals surface area (Å²) in [6.45, 7) is 3.52. The molecular formula is C16H20F3NO. The quantitative estimate of drug-likeness (QED) is 0.852. The third kappa shape index (κ3) is 4.30. The molecule has 1 N–H and O–H groups in total. The summed E-state index contributed by atoms with van der Waals surface area (Å²) in [5, 5.41) is 3.30. The van der Waals surface area contributed by atoms with E-state index in [1.165, 1.54) is 6.07 Å². The molecule has 0 aromatic heterocycles. The molecule has 1 aromatic carbocycles. The zero-order chi connectivity index (χ0) is 15.5. The van der Waals surface area contributed by atoms with Crippen molar-refractivity contribution >= 4 is 5.78 Å². The third-order valence-corrected chi connectivity index (χ3v) is 4.03. The summed E-state index contributed by atoms with van der Waals surface area (Å²) in [4.78, 5) is 12.2. The molecule has 1 heterocycles. The fourth-order valence-electron chi connectivity index (χ4n) is 2.79. The van der Waals surface area contributed by atoms with Crippen LogP contribution in [0.25, 0.3) is 0 Å². The first-order valence-corrected chi connectivity index (χ1v) is 7.29. The number of halogens is 3. The molecule has 0 amide bonds. The van der Waals surface area contributed by atoms with Gasteiger partial charge in [-0.25, -0.2) is 0 Å². The number of benzene rings is 1. The molecule has 1 aliphatic heterocycles. The monoisotopic (exact) mass is 299 g/mol. The van der Waals surface area contributed by atoms with Gasteiger partial charge >= 0.3 is 6.18 Å². The van der Waals surface area contributed by atoms with Crippen molar-refractivity contribution in [1.29, 1.82) is 0 Å². The Morgan fingerprint density at radius 2 is 2.14 bits per heavy atom. The van der Waals surface area contributed by atoms with E-state index in [0.29, 0.717) is 23.5 Å². The van der Waals surface area contributed by atoms with Crippen LogP contribution in [0.3, 0.4) is 0 Å². The number of aryl methyl sites for hydroxylation is 1. The Hall–Kier alpha value is -1.36. The van der Waals surface area contributed by atoms with Crippen molar-refractivity contribution in [2.75, 3.05) is 13.1 Å². The number of piperidine rings is 1. The summed E-state index contributed by atoms with van der Waals surface area (Å²) in [5.41, 5.74) is 0.108. The van der Waals surface area contributed by atoms with E-state index in [1.807, 2.05) is 0 Å². The highest BCUT2D eigenvalue weighted by atomic mass is 19.4. The fraction of sp³-hybridized carbons (Fsp3) is 0.562. The van der Waals surface area contributed by atoms with Gasteiger partial charge < -0.3 is 5.32 Å². The molecule has 1 aliphatic rings. The lowest BCUT2D eigenvalue weighted by atomic mass is 9.91. The Bertz CT molecular complexity index is 505. The standard InChI is InChI=1S/C16H20F3NO/c1-11-9-13(16(17,18)19)5-6-14(11)15(21)7-4-12-3-2-8-20-10-12/h5-6,9,12,20H,2-4,7-8,10H2,1H3. The largest absolute Gasteiger partial charge is 0.416 e. The minimum Gasteiger partial charge on any atom is -0.316 e. The van der Waals surface area contributed by atoms with Crippen molar-refractivity contribution in [3.63, 3.8) is 0 Å². The summed E-state index contributed by atoms with van der Waals surface area (Å²) < 4.78 is 37.8. The molecule has 0 bridgehead atoms. The second-order valence-corrected chi connectivity index (χ2v) is 5.70. The van der Waals surface area contributed by atoms with Crippen LogP contribution in [-0.2, 0) is 6.18 Å². The van der Waals surface area contributed by atoms with Crippen LogP contribution in [0.4, 0.5) is 13.2 Å². The Morgan fingerprint density at radius 1 is 1.38 bits per heavy atom. The number of carbonyl (C=O) groups excluding carboxylic acids is 1. The summed E-state index contributed by atoms with van der Waals surface area (Å²) in [6.07, 6.45) is -0.921. The first-order chi connectivity index (χ1) is 9.88. The van der Waals surface area contributed by atoms with E-state index in [2.05, 4.69) is 5.32 Å². The SMILES string of the molecule is Cc1cc(C(F)(F)F)ccc1C(=O)CCC1CCCNC1. The smallest absolute Gasteiger partial charge is 0.316 e. The van der Waals surface area contributed by atoms with Gasteiger partial charge in [0, 0.05) is 12.0 Å². The number of hydrogen-bond donors (Lipinski definition) is 1. The third-order valence-electron chi connectivity index (χ3n) is 4.03. The molecule has 0 spiro atoms. The number of hydrogen-bond acceptors (Lipinski definition) is 2. The fourth-order valence-corrected chi connectivity index (χ4v) is 2.79. The zero-order valence-corrected chi connectivity index (χ0v) is 12.1. The van der Waals surface area contributed by atoms with E-state index in [-0.39, 0.29) is 5.78 Å². The second kappa shape index (κ2) is 6.60. The van der Waals surface area contributed by atoms with Gasteiger partial charge in [0.05, 0.1) is 5.56 Å². The first-order valence-electron chi connectivity index (χ1n) is 7.29. The van der Waals surface area contributed by atoms with E-state index in [1.54, 1.807) is 6.92 Å². The van der Waals surface area contributed by atoms with Crippen molar-refractivity contribution < 1.29 is 18.0 Å². The van der Waals surface area contributed by atoms with E-state index < -0.39 is 11.7 Å². The predicted molar refractivity (Wildman–Crippen MR) is 75.3 cm³/mol. The zero-order valence-electron chi connectivity index (χ0n) is 12.1. The van der Waals surface area contributed by atoms with Crippen LogP contribution >= 0.6 is 0 Å². The van der Waals surface area contributed by atoms with E-state index in [9.17, 15) is 18.0 Å². The molecular weight excluding hydrogens is 279 g/mol. The average molecular weight is 299 g/mol. The Balaban J connectivity index is 1.99. The summed E-state index contributed by atoms with van der Waals surface area (Å²) in [5.74, 6) is 0.434. The average Bonchev–Trinajstić information content (AvgIpc) is 2.45. The van der Waals surface area contributed by atoms with Gasteiger partial charge in [-0.3, -0.25) is 4.79 Å². The molecule has 0 aliphatic carbocycles. The predicted octanol–water partition coefficient (Wildman–Crippen LogP) is 3.98. The van der Waals surface area contributed by atoms with Crippen LogP contribution in [0.5, 0.6) is 0 Å². The lowest BCUT2D eigenvalue weighted by molar-refractivity contribution is -0.137. The van der Waals surface area contributed by atoms with Gasteiger partial charge in [0.2, 0.25) is 0 Å². The molecule has 116 valence electrons. The van der Waals surface area contributed by atoms with Gasteiger partial charge in [-0.2, -0.15) is 13.2 Å². The maximum Gasteiger partial charge on any atom is 0.416 e. The lowest BCUT2D eigenvalue weighted by Crippen LogP contribution is -2.30. The topological polar surface area (TPSA) is 29.1 Å². The highest BCUT2D eigenvalue weighted by molar-refractivity contribution is 5.97. The summed E-state index contributed by atoms with van der Waals surface area (Å²) in [7, 11) is 0. The van der Waals surface area contributed by atoms with Gasteiger partial charge in [-0.1, -0.05) is 6.07 Å². The Kier molecular flexibility index (Phi) is 5.04. The maximum atomic E-state index is 12.6. The van der Waals surface area contributed by atoms with Gasteiger partial charge in [0.1, 0.15) is 0 Å². The van der Waals surface area contributed by atoms with Crippen LogP contribution in [0.2, 0.25) is 0 Å². The van der Waals surface area contributed by atoms with Crippen LogP contribution in [0.1, 0.15) is 47.2 Å². The molecule has 2 rings (SSSR count). The van der Waals surface area contributed by atoms with Crippen LogP contribution in [-0.4, -0.2) is 18.9 Å². The Labute approximate surface area is 122 Å². The van der Waals surface area contributed by atoms with Crippen LogP contribution < -0.4 is 5.32 Å². The molecule has 1 saturated heterocycles. The highest BCUT2D eigenvalue weighted by Crippen LogP contribution is 2.30. The molecule has 5 heteroatoms. The molecule has 0 radical (unpaired) electrons. The molecule has 1 aromatic rings. The van der Waals surface area contributed by atoms with Gasteiger partial charge in [-0.15, -0.1) is 0 Å². The molecule has 1 atom stereocenters. The number of Topliss-reactive ketones (excluding diaryl/α,β-unsaturated/α-hetero) is 1. The number of carbonyl (C=O) groups is 1. The maximum absolute atomic E-state index is 12.6. The normalized spacial score (nSPS) is 19.5. The van der Waals surface area contributed by atoms with Crippen molar-refractivity contribution in [1.82, 2.24) is 5.32 Å². The molecule has 1 fully saturated rings. The second-order valence-electron chi connectivity index (χ2n) is 5.70. The number of alkyl halides is 3. The van der Waals surface area contributed by atoms with E-state index in [4.69, 9.17) is 0 Å². The van der Waals surface area contributed by atoms with Crippen molar-refractivity contribution in [3.8, 4) is 0 Å². The summed E-state index contributed by atoms with van der Waals surface area (Å²) >= 11 is 0. The van der Waals surface area contributed by atoms with Crippen molar-refractivity contribution in [2.24, 2.45) is 5.92 Å². The van der Waals surface area contributed by atoms with Crippen molar-refractivity contribution in [3.05, 3.63) is 34.9 Å². The van der Waals surface area contributed by atoms with Crippen LogP contribution in [0, 0.1) is 12.8 Å². The van der Waals surface area contributed by atoms with Gasteiger partial charge in [0.15, 0.2) is 5.78 Å². The number of rotatable bonds is 4. The minimum atomic E-state index is -4.36. The van der Waals surface area contributed by atoms with Crippen molar-refractivity contribution in [2.45, 2.75) is 38.8 Å². The molecule has 1 unspecified atom stereocenters. The van der Waals surface area contributed by atoms with E-state index in [0.717, 1.165) is 44.5 Å². The highest BCUT2D eigenvalue weighted by Gasteiger charge is 2.31. The van der Waals surface area contributed by atoms with Gasteiger partial charge in [-0.05, 0) is 62.9 Å². The molecule has 2 nitrogen and oxygen atoms in total. The Morgan fingerprint density at radius 3 is 2.71 bits per heavy atom. The van der Waals surface area contributed by atoms with E-state index >= 15 is 0 Å². The number of ketones is 1. The first kappa shape index (κ1) is 16.0. The number of nitrogens with one attached hydrogen (secondary N) is 1. The lowest BCUT2D eigenvalue weighted by Gasteiger charge is -2.22. The summed E-state index contributed by atoms with van der Waals surface area (Å²) in [6, 6.07) is 3.34. The van der Waals surface area contributed by atoms with Crippen LogP contribution in [0.15, 0.2) is 18.2 Å².